The Morgan fingerprint density at radius 3 is 2.52 bits per heavy atom. The summed E-state index contributed by atoms with van der Waals surface area (Å²) in [6, 6.07) is 21.5. The Balaban J connectivity index is 1.90. The highest BCUT2D eigenvalue weighted by Crippen LogP contribution is 2.32. The molecule has 5 rings (SSSR count). The van der Waals surface area contributed by atoms with E-state index in [1.54, 1.807) is 0 Å². The van der Waals surface area contributed by atoms with Gasteiger partial charge in [-0.1, -0.05) is 55.5 Å². The molecule has 0 aliphatic heterocycles. The molecule has 0 N–H and O–H groups in total. The van der Waals surface area contributed by atoms with Gasteiger partial charge in [0.1, 0.15) is 0 Å². The molecule has 3 nitrogen and oxygen atoms in total. The maximum absolute atomic E-state index is 4.76. The van der Waals surface area contributed by atoms with Crippen molar-refractivity contribution in [2.45, 2.75) is 19.9 Å². The molecule has 3 aromatic heterocycles. The molecule has 0 spiro atoms. The van der Waals surface area contributed by atoms with Crippen molar-refractivity contribution < 1.29 is 0 Å². The highest BCUT2D eigenvalue weighted by Gasteiger charge is 2.15. The fourth-order valence-electron chi connectivity index (χ4n) is 3.82. The first kappa shape index (κ1) is 14.3. The zero-order chi connectivity index (χ0) is 16.8. The number of fused-ring (bicyclic) bond motifs is 5. The Labute approximate surface area is 146 Å². The number of aryl methyl sites for hydroxylation is 1. The minimum absolute atomic E-state index is 0.846. The highest BCUT2D eigenvalue weighted by molar-refractivity contribution is 6.12. The topological polar surface area (TPSA) is 22.2 Å². The first-order valence-corrected chi connectivity index (χ1v) is 8.76. The number of aromatic nitrogens is 3. The van der Waals surface area contributed by atoms with Crippen molar-refractivity contribution in [1.29, 1.82) is 0 Å². The van der Waals surface area contributed by atoms with E-state index >= 15 is 0 Å². The predicted molar refractivity (Wildman–Crippen MR) is 103 cm³/mol. The molecule has 0 amide bonds. The Morgan fingerprint density at radius 2 is 1.68 bits per heavy atom. The fraction of sp³-hybridized carbons (Fsp3) is 0.136. The van der Waals surface area contributed by atoms with E-state index in [4.69, 9.17) is 4.98 Å². The van der Waals surface area contributed by atoms with Crippen LogP contribution in [0.25, 0.3) is 27.5 Å². The van der Waals surface area contributed by atoms with Crippen LogP contribution in [0.1, 0.15) is 18.2 Å². The van der Waals surface area contributed by atoms with Crippen molar-refractivity contribution in [3.05, 3.63) is 84.3 Å². The summed E-state index contributed by atoms with van der Waals surface area (Å²) in [5.74, 6) is 0. The summed E-state index contributed by atoms with van der Waals surface area (Å²) >= 11 is 0. The second kappa shape index (κ2) is 5.49. The third kappa shape index (κ3) is 2.09. The fourth-order valence-corrected chi connectivity index (χ4v) is 3.82. The average Bonchev–Trinajstić information content (AvgIpc) is 3.22. The molecule has 2 aromatic carbocycles. The molecule has 122 valence electrons. The number of hydrogen-bond acceptors (Lipinski definition) is 1. The van der Waals surface area contributed by atoms with Crippen molar-refractivity contribution in [2.24, 2.45) is 0 Å². The molecule has 3 heteroatoms. The van der Waals surface area contributed by atoms with Gasteiger partial charge in [-0.15, -0.1) is 0 Å². The van der Waals surface area contributed by atoms with Crippen LogP contribution in [0.15, 0.2) is 73.1 Å². The van der Waals surface area contributed by atoms with Crippen molar-refractivity contribution in [3.8, 4) is 0 Å². The zero-order valence-electron chi connectivity index (χ0n) is 14.2. The van der Waals surface area contributed by atoms with Gasteiger partial charge in [-0.05, 0) is 24.1 Å². The van der Waals surface area contributed by atoms with Gasteiger partial charge in [0.25, 0.3) is 0 Å². The van der Waals surface area contributed by atoms with Gasteiger partial charge in [-0.3, -0.25) is 0 Å². The molecule has 0 bridgehead atoms. The predicted octanol–water partition coefficient (Wildman–Crippen LogP) is 5.05. The number of benzene rings is 2. The van der Waals surface area contributed by atoms with Crippen LogP contribution >= 0.6 is 0 Å². The standard InChI is InChI=1S/C22H19N3/c1-2-17-14-23-22-21-19(12-13-24(17)22)18-10-6-7-11-20(18)25(21)15-16-8-4-3-5-9-16/h3-14H,2,15H2,1H3. The zero-order valence-corrected chi connectivity index (χ0v) is 14.2. The molecular weight excluding hydrogens is 306 g/mol. The summed E-state index contributed by atoms with van der Waals surface area (Å²) < 4.78 is 4.63. The van der Waals surface area contributed by atoms with Gasteiger partial charge >= 0.3 is 0 Å². The molecule has 25 heavy (non-hydrogen) atoms. The van der Waals surface area contributed by atoms with E-state index < -0.39 is 0 Å². The van der Waals surface area contributed by atoms with Crippen LogP contribution in [0.4, 0.5) is 0 Å². The summed E-state index contributed by atoms with van der Waals surface area (Å²) in [5, 5.41) is 2.56. The van der Waals surface area contributed by atoms with E-state index in [1.165, 1.54) is 33.1 Å². The summed E-state index contributed by atoms with van der Waals surface area (Å²) in [6.07, 6.45) is 5.13. The summed E-state index contributed by atoms with van der Waals surface area (Å²) in [6.45, 7) is 3.02. The van der Waals surface area contributed by atoms with Gasteiger partial charge in [0.2, 0.25) is 0 Å². The maximum atomic E-state index is 4.76. The number of hydrogen-bond donors (Lipinski definition) is 0. The molecule has 0 unspecified atom stereocenters. The summed E-state index contributed by atoms with van der Waals surface area (Å²) in [5.41, 5.74) is 6.06. The van der Waals surface area contributed by atoms with Gasteiger partial charge in [0, 0.05) is 40.9 Å². The molecule has 5 aromatic rings. The monoisotopic (exact) mass is 325 g/mol. The number of pyridine rings is 1. The molecule has 0 aliphatic rings. The Kier molecular flexibility index (Phi) is 3.14. The SMILES string of the molecule is CCc1cnc2c3c(ccn12)c1ccccc1n3Cc1ccccc1. The van der Waals surface area contributed by atoms with Gasteiger partial charge in [0.05, 0.1) is 5.52 Å². The van der Waals surface area contributed by atoms with Crippen molar-refractivity contribution in [1.82, 2.24) is 14.0 Å². The van der Waals surface area contributed by atoms with Crippen LogP contribution in [-0.2, 0) is 13.0 Å². The van der Waals surface area contributed by atoms with E-state index in [0.717, 1.165) is 18.6 Å². The lowest BCUT2D eigenvalue weighted by atomic mass is 10.2. The van der Waals surface area contributed by atoms with E-state index in [0.29, 0.717) is 0 Å². The van der Waals surface area contributed by atoms with Gasteiger partial charge < -0.3 is 8.97 Å². The molecule has 0 atom stereocenters. The lowest BCUT2D eigenvalue weighted by Gasteiger charge is -2.09. The molecule has 3 heterocycles. The third-order valence-electron chi connectivity index (χ3n) is 5.03. The van der Waals surface area contributed by atoms with Crippen molar-refractivity contribution in [2.75, 3.05) is 0 Å². The van der Waals surface area contributed by atoms with Crippen LogP contribution < -0.4 is 0 Å². The van der Waals surface area contributed by atoms with Crippen LogP contribution in [0, 0.1) is 0 Å². The molecule has 0 saturated carbocycles. The van der Waals surface area contributed by atoms with Crippen LogP contribution in [-0.4, -0.2) is 14.0 Å². The highest BCUT2D eigenvalue weighted by atomic mass is 15.1. The van der Waals surface area contributed by atoms with Crippen LogP contribution in [0.3, 0.4) is 0 Å². The molecular formula is C22H19N3. The quantitative estimate of drug-likeness (QED) is 0.455. The van der Waals surface area contributed by atoms with E-state index in [9.17, 15) is 0 Å². The number of nitrogens with zero attached hydrogens (tertiary/aromatic N) is 3. The first-order chi connectivity index (χ1) is 12.4. The first-order valence-electron chi connectivity index (χ1n) is 8.76. The lowest BCUT2D eigenvalue weighted by molar-refractivity contribution is 0.867. The second-order valence-electron chi connectivity index (χ2n) is 6.46. The Morgan fingerprint density at radius 1 is 0.880 bits per heavy atom. The smallest absolute Gasteiger partial charge is 0.161 e. The minimum atomic E-state index is 0.846. The van der Waals surface area contributed by atoms with Crippen LogP contribution in [0.2, 0.25) is 0 Å². The Hall–Kier alpha value is -3.07. The summed E-state index contributed by atoms with van der Waals surface area (Å²) in [7, 11) is 0. The molecule has 0 aliphatic carbocycles. The second-order valence-corrected chi connectivity index (χ2v) is 6.46. The largest absolute Gasteiger partial charge is 0.333 e. The van der Waals surface area contributed by atoms with E-state index in [-0.39, 0.29) is 0 Å². The van der Waals surface area contributed by atoms with Gasteiger partial charge in [-0.2, -0.15) is 0 Å². The van der Waals surface area contributed by atoms with E-state index in [1.807, 2.05) is 6.20 Å². The normalized spacial score (nSPS) is 11.7. The van der Waals surface area contributed by atoms with E-state index in [2.05, 4.69) is 82.8 Å². The van der Waals surface area contributed by atoms with Gasteiger partial charge in [-0.25, -0.2) is 4.98 Å². The Bertz CT molecular complexity index is 1200. The number of rotatable bonds is 3. The summed E-state index contributed by atoms with van der Waals surface area (Å²) in [4.78, 5) is 4.76. The van der Waals surface area contributed by atoms with Crippen molar-refractivity contribution >= 4 is 27.5 Å². The molecule has 0 fully saturated rings. The molecule has 0 saturated heterocycles. The number of para-hydroxylation sites is 1. The third-order valence-corrected chi connectivity index (χ3v) is 5.03. The average molecular weight is 325 g/mol. The lowest BCUT2D eigenvalue weighted by Crippen LogP contribution is -2.01. The maximum Gasteiger partial charge on any atom is 0.161 e. The molecule has 0 radical (unpaired) electrons. The van der Waals surface area contributed by atoms with Crippen LogP contribution in [0.5, 0.6) is 0 Å². The number of imidazole rings is 1. The van der Waals surface area contributed by atoms with Gasteiger partial charge in [0.15, 0.2) is 5.65 Å². The van der Waals surface area contributed by atoms with Crippen molar-refractivity contribution in [3.63, 3.8) is 0 Å². The minimum Gasteiger partial charge on any atom is -0.333 e.